The van der Waals surface area contributed by atoms with E-state index >= 15 is 0 Å². The van der Waals surface area contributed by atoms with Gasteiger partial charge in [0.2, 0.25) is 0 Å². The van der Waals surface area contributed by atoms with E-state index in [1.165, 1.54) is 12.8 Å². The zero-order valence-electron chi connectivity index (χ0n) is 11.4. The fourth-order valence-corrected chi connectivity index (χ4v) is 3.12. The summed E-state index contributed by atoms with van der Waals surface area (Å²) >= 11 is 5.47. The van der Waals surface area contributed by atoms with Crippen molar-refractivity contribution in [3.05, 3.63) is 11.1 Å². The highest BCUT2D eigenvalue weighted by Gasteiger charge is 2.26. The molecule has 1 aliphatic heterocycles. The molecule has 0 spiro atoms. The van der Waals surface area contributed by atoms with Crippen LogP contribution in [0.4, 0.5) is 0 Å². The Bertz CT molecular complexity index is 483. The Labute approximate surface area is 118 Å². The molecular formula is C13H22N4OS. The van der Waals surface area contributed by atoms with Gasteiger partial charge in [-0.3, -0.25) is 4.90 Å². The lowest BCUT2D eigenvalue weighted by atomic mass is 9.92. The van der Waals surface area contributed by atoms with Crippen molar-refractivity contribution in [3.8, 4) is 0 Å². The molecule has 19 heavy (non-hydrogen) atoms. The van der Waals surface area contributed by atoms with Crippen LogP contribution in [0.5, 0.6) is 0 Å². The predicted molar refractivity (Wildman–Crippen MR) is 75.3 cm³/mol. The van der Waals surface area contributed by atoms with Crippen molar-refractivity contribution in [3.63, 3.8) is 0 Å². The number of hydrogen-bond acceptors (Lipinski definition) is 4. The van der Waals surface area contributed by atoms with Crippen LogP contribution in [0.3, 0.4) is 0 Å². The average Bonchev–Trinajstić information content (AvgIpc) is 3.17. The molecule has 0 amide bonds. The predicted octanol–water partition coefficient (Wildman–Crippen LogP) is 1.80. The van der Waals surface area contributed by atoms with Gasteiger partial charge in [-0.25, -0.2) is 4.68 Å². The molecule has 2 aliphatic rings. The van der Waals surface area contributed by atoms with E-state index in [-0.39, 0.29) is 6.10 Å². The number of aromatic nitrogens is 3. The van der Waals surface area contributed by atoms with Gasteiger partial charge < -0.3 is 9.67 Å². The molecule has 0 aromatic carbocycles. The van der Waals surface area contributed by atoms with Gasteiger partial charge in [-0.15, -0.1) is 0 Å². The summed E-state index contributed by atoms with van der Waals surface area (Å²) in [7, 11) is 0. The number of piperidine rings is 1. The second kappa shape index (κ2) is 5.34. The Kier molecular flexibility index (Phi) is 3.73. The summed E-state index contributed by atoms with van der Waals surface area (Å²) < 4.78 is 4.90. The zero-order valence-corrected chi connectivity index (χ0v) is 12.2. The summed E-state index contributed by atoms with van der Waals surface area (Å²) in [5.41, 5.74) is 0. The van der Waals surface area contributed by atoms with Crippen LogP contribution >= 0.6 is 12.2 Å². The summed E-state index contributed by atoms with van der Waals surface area (Å²) in [4.78, 5) is 2.37. The van der Waals surface area contributed by atoms with Crippen molar-refractivity contribution >= 4 is 12.2 Å². The third-order valence-corrected chi connectivity index (χ3v) is 4.77. The Morgan fingerprint density at radius 1 is 1.37 bits per heavy atom. The average molecular weight is 282 g/mol. The number of hydrogen-bond donors (Lipinski definition) is 1. The molecule has 1 aromatic rings. The van der Waals surface area contributed by atoms with Gasteiger partial charge in [-0.05, 0) is 50.7 Å². The molecule has 6 heteroatoms. The molecular weight excluding hydrogens is 260 g/mol. The SMILES string of the molecule is CC(O)C1CCN(Cn2ncn(C3CC3)c2=S)CC1. The lowest BCUT2D eigenvalue weighted by molar-refractivity contribution is 0.0591. The highest BCUT2D eigenvalue weighted by Crippen LogP contribution is 2.34. The highest BCUT2D eigenvalue weighted by atomic mass is 32.1. The monoisotopic (exact) mass is 282 g/mol. The van der Waals surface area contributed by atoms with Gasteiger partial charge in [0, 0.05) is 19.1 Å². The van der Waals surface area contributed by atoms with E-state index < -0.39 is 0 Å². The van der Waals surface area contributed by atoms with Crippen LogP contribution in [0.2, 0.25) is 0 Å². The van der Waals surface area contributed by atoms with Crippen molar-refractivity contribution in [1.29, 1.82) is 0 Å². The lowest BCUT2D eigenvalue weighted by Gasteiger charge is -2.32. The number of rotatable bonds is 4. The minimum Gasteiger partial charge on any atom is -0.393 e. The van der Waals surface area contributed by atoms with E-state index in [4.69, 9.17) is 12.2 Å². The summed E-state index contributed by atoms with van der Waals surface area (Å²) in [5.74, 6) is 0.452. The van der Waals surface area contributed by atoms with E-state index in [1.807, 2.05) is 17.9 Å². The first-order valence-electron chi connectivity index (χ1n) is 7.19. The van der Waals surface area contributed by atoms with Crippen molar-refractivity contribution in [2.24, 2.45) is 5.92 Å². The maximum atomic E-state index is 9.61. The number of likely N-dealkylation sites (tertiary alicyclic amines) is 1. The van der Waals surface area contributed by atoms with Crippen LogP contribution in [0.25, 0.3) is 0 Å². The van der Waals surface area contributed by atoms with Crippen LogP contribution in [0.15, 0.2) is 6.33 Å². The molecule has 1 N–H and O–H groups in total. The van der Waals surface area contributed by atoms with Crippen LogP contribution < -0.4 is 0 Å². The van der Waals surface area contributed by atoms with E-state index in [2.05, 4.69) is 14.6 Å². The molecule has 0 bridgehead atoms. The van der Waals surface area contributed by atoms with Gasteiger partial charge in [0.15, 0.2) is 4.77 Å². The first-order valence-corrected chi connectivity index (χ1v) is 7.60. The maximum absolute atomic E-state index is 9.61. The highest BCUT2D eigenvalue weighted by molar-refractivity contribution is 7.71. The minimum atomic E-state index is -0.182. The molecule has 3 rings (SSSR count). The van der Waals surface area contributed by atoms with Gasteiger partial charge in [0.1, 0.15) is 6.33 Å². The number of aliphatic hydroxyl groups is 1. The topological polar surface area (TPSA) is 46.2 Å². The molecule has 2 fully saturated rings. The fraction of sp³-hybridized carbons (Fsp3) is 0.846. The molecule has 0 radical (unpaired) electrons. The molecule has 106 valence electrons. The Hall–Kier alpha value is -0.720. The first-order chi connectivity index (χ1) is 9.15. The third kappa shape index (κ3) is 2.90. The molecule has 1 aromatic heterocycles. The lowest BCUT2D eigenvalue weighted by Crippen LogP contribution is -2.38. The van der Waals surface area contributed by atoms with E-state index in [0.717, 1.165) is 37.4 Å². The molecule has 1 atom stereocenters. The second-order valence-electron chi connectivity index (χ2n) is 5.89. The van der Waals surface area contributed by atoms with Gasteiger partial charge in [0.25, 0.3) is 0 Å². The maximum Gasteiger partial charge on any atom is 0.199 e. The minimum absolute atomic E-state index is 0.182. The summed E-state index contributed by atoms with van der Waals surface area (Å²) in [6.07, 6.45) is 6.29. The first kappa shape index (κ1) is 13.3. The number of aliphatic hydroxyl groups excluding tert-OH is 1. The van der Waals surface area contributed by atoms with E-state index in [1.54, 1.807) is 0 Å². The van der Waals surface area contributed by atoms with Crippen LogP contribution in [-0.2, 0) is 6.67 Å². The van der Waals surface area contributed by atoms with Crippen molar-refractivity contribution < 1.29 is 5.11 Å². The largest absolute Gasteiger partial charge is 0.393 e. The standard InChI is InChI=1S/C13H22N4OS/c1-10(18)11-4-6-15(7-5-11)9-17-13(19)16(8-14-17)12-2-3-12/h8,10-12,18H,2-7,9H2,1H3. The van der Waals surface area contributed by atoms with Crippen molar-refractivity contribution in [2.75, 3.05) is 13.1 Å². The zero-order chi connectivity index (χ0) is 13.4. The Morgan fingerprint density at radius 2 is 2.05 bits per heavy atom. The smallest absolute Gasteiger partial charge is 0.199 e. The fourth-order valence-electron chi connectivity index (χ4n) is 2.82. The molecule has 5 nitrogen and oxygen atoms in total. The quantitative estimate of drug-likeness (QED) is 0.855. The molecule has 2 heterocycles. The third-order valence-electron chi connectivity index (χ3n) is 4.35. The van der Waals surface area contributed by atoms with Gasteiger partial charge in [-0.2, -0.15) is 5.10 Å². The normalized spacial score (nSPS) is 23.7. The van der Waals surface area contributed by atoms with Crippen LogP contribution in [-0.4, -0.2) is 43.5 Å². The van der Waals surface area contributed by atoms with E-state index in [0.29, 0.717) is 12.0 Å². The van der Waals surface area contributed by atoms with Gasteiger partial charge in [-0.1, -0.05) is 0 Å². The van der Waals surface area contributed by atoms with Crippen molar-refractivity contribution in [1.82, 2.24) is 19.2 Å². The molecule has 1 aliphatic carbocycles. The van der Waals surface area contributed by atoms with Crippen LogP contribution in [0, 0.1) is 10.7 Å². The Balaban J connectivity index is 1.59. The summed E-state index contributed by atoms with van der Waals surface area (Å²) in [6.45, 7) is 4.72. The molecule has 1 unspecified atom stereocenters. The molecule has 1 saturated carbocycles. The summed E-state index contributed by atoms with van der Waals surface area (Å²) in [5, 5.41) is 14.0. The van der Waals surface area contributed by atoms with Crippen molar-refractivity contribution in [2.45, 2.75) is 51.4 Å². The van der Waals surface area contributed by atoms with E-state index in [9.17, 15) is 5.11 Å². The second-order valence-corrected chi connectivity index (χ2v) is 6.25. The summed E-state index contributed by atoms with van der Waals surface area (Å²) in [6, 6.07) is 0.599. The van der Waals surface area contributed by atoms with Crippen LogP contribution in [0.1, 0.15) is 38.6 Å². The molecule has 1 saturated heterocycles. The Morgan fingerprint density at radius 3 is 2.63 bits per heavy atom. The van der Waals surface area contributed by atoms with Gasteiger partial charge >= 0.3 is 0 Å². The van der Waals surface area contributed by atoms with Gasteiger partial charge in [0.05, 0.1) is 12.8 Å². The number of nitrogens with zero attached hydrogens (tertiary/aromatic N) is 4.